The van der Waals surface area contributed by atoms with E-state index in [2.05, 4.69) is 31.0 Å². The summed E-state index contributed by atoms with van der Waals surface area (Å²) in [6.07, 6.45) is 3.02. The molecular formula is C16H32IN3O2. The van der Waals surface area contributed by atoms with Crippen LogP contribution in [0, 0.1) is 11.8 Å². The number of piperidine rings is 1. The van der Waals surface area contributed by atoms with Crippen molar-refractivity contribution in [2.75, 3.05) is 32.8 Å². The first-order valence-electron chi connectivity index (χ1n) is 8.28. The van der Waals surface area contributed by atoms with E-state index in [0.29, 0.717) is 19.1 Å². The highest BCUT2D eigenvalue weighted by molar-refractivity contribution is 14.0. The van der Waals surface area contributed by atoms with E-state index >= 15 is 0 Å². The Hall–Kier alpha value is -0.530. The fourth-order valence-corrected chi connectivity index (χ4v) is 2.48. The molecule has 0 aliphatic carbocycles. The van der Waals surface area contributed by atoms with Gasteiger partial charge in [0, 0.05) is 26.2 Å². The number of hydrogen-bond acceptors (Lipinski definition) is 3. The van der Waals surface area contributed by atoms with Gasteiger partial charge in [-0.2, -0.15) is 0 Å². The number of carbonyl (C=O) groups excluding carboxylic acids is 1. The highest BCUT2D eigenvalue weighted by Crippen LogP contribution is 2.18. The summed E-state index contributed by atoms with van der Waals surface area (Å²) in [6.45, 7) is 12.2. The van der Waals surface area contributed by atoms with Crippen molar-refractivity contribution in [2.24, 2.45) is 16.8 Å². The van der Waals surface area contributed by atoms with E-state index in [4.69, 9.17) is 9.73 Å². The summed E-state index contributed by atoms with van der Waals surface area (Å²) in [4.78, 5) is 18.8. The number of esters is 1. The lowest BCUT2D eigenvalue weighted by Crippen LogP contribution is -2.48. The minimum Gasteiger partial charge on any atom is -0.466 e. The van der Waals surface area contributed by atoms with E-state index in [9.17, 15) is 4.79 Å². The van der Waals surface area contributed by atoms with E-state index in [1.165, 1.54) is 0 Å². The van der Waals surface area contributed by atoms with Gasteiger partial charge < -0.3 is 15.0 Å². The van der Waals surface area contributed by atoms with Crippen LogP contribution < -0.4 is 5.32 Å². The van der Waals surface area contributed by atoms with Gasteiger partial charge in [-0.1, -0.05) is 13.8 Å². The number of carbonyl (C=O) groups is 1. The third-order valence-electron chi connectivity index (χ3n) is 3.64. The van der Waals surface area contributed by atoms with E-state index in [1.807, 2.05) is 6.92 Å². The third-order valence-corrected chi connectivity index (χ3v) is 3.64. The van der Waals surface area contributed by atoms with Gasteiger partial charge in [0.15, 0.2) is 5.96 Å². The zero-order valence-corrected chi connectivity index (χ0v) is 16.8. The summed E-state index contributed by atoms with van der Waals surface area (Å²) in [5, 5.41) is 3.34. The Labute approximate surface area is 152 Å². The molecule has 1 unspecified atom stereocenters. The lowest BCUT2D eigenvalue weighted by atomic mass is 9.98. The van der Waals surface area contributed by atoms with Crippen molar-refractivity contribution in [3.8, 4) is 0 Å². The van der Waals surface area contributed by atoms with Gasteiger partial charge in [0.05, 0.1) is 12.5 Å². The number of rotatable bonds is 6. The highest BCUT2D eigenvalue weighted by atomic mass is 127. The van der Waals surface area contributed by atoms with Crippen LogP contribution in [0.25, 0.3) is 0 Å². The topological polar surface area (TPSA) is 53.9 Å². The summed E-state index contributed by atoms with van der Waals surface area (Å²) in [5.41, 5.74) is 0. The lowest BCUT2D eigenvalue weighted by Gasteiger charge is -2.34. The Morgan fingerprint density at radius 2 is 2.14 bits per heavy atom. The minimum absolute atomic E-state index is 0. The second-order valence-corrected chi connectivity index (χ2v) is 5.96. The quantitative estimate of drug-likeness (QED) is 0.308. The maximum Gasteiger partial charge on any atom is 0.310 e. The number of guanidine groups is 1. The van der Waals surface area contributed by atoms with Gasteiger partial charge >= 0.3 is 5.97 Å². The fraction of sp³-hybridized carbons (Fsp3) is 0.875. The Kier molecular flexibility index (Phi) is 11.7. The molecule has 0 amide bonds. The number of nitrogens with zero attached hydrogens (tertiary/aromatic N) is 2. The van der Waals surface area contributed by atoms with Crippen LogP contribution in [-0.4, -0.2) is 49.6 Å². The predicted molar refractivity (Wildman–Crippen MR) is 102 cm³/mol. The normalized spacial score (nSPS) is 18.9. The lowest BCUT2D eigenvalue weighted by molar-refractivity contribution is -0.149. The van der Waals surface area contributed by atoms with Gasteiger partial charge in [-0.05, 0) is 39.0 Å². The maximum atomic E-state index is 11.9. The maximum absolute atomic E-state index is 11.9. The number of ether oxygens (including phenoxy) is 1. The zero-order chi connectivity index (χ0) is 15.7. The average molecular weight is 425 g/mol. The molecule has 0 bridgehead atoms. The van der Waals surface area contributed by atoms with Crippen LogP contribution in [0.1, 0.15) is 47.0 Å². The molecule has 1 saturated heterocycles. The average Bonchev–Trinajstić information content (AvgIpc) is 2.46. The van der Waals surface area contributed by atoms with Crippen LogP contribution in [0.5, 0.6) is 0 Å². The van der Waals surface area contributed by atoms with Crippen molar-refractivity contribution in [3.63, 3.8) is 0 Å². The third kappa shape index (κ3) is 7.65. The molecule has 6 heteroatoms. The first kappa shape index (κ1) is 21.5. The smallest absolute Gasteiger partial charge is 0.310 e. The summed E-state index contributed by atoms with van der Waals surface area (Å²) >= 11 is 0. The molecule has 1 aliphatic rings. The predicted octanol–water partition coefficient (Wildman–Crippen LogP) is 2.89. The van der Waals surface area contributed by atoms with Crippen molar-refractivity contribution in [1.82, 2.24) is 10.2 Å². The molecule has 1 fully saturated rings. The molecule has 0 radical (unpaired) electrons. The van der Waals surface area contributed by atoms with Crippen LogP contribution >= 0.6 is 24.0 Å². The van der Waals surface area contributed by atoms with Crippen molar-refractivity contribution in [2.45, 2.75) is 47.0 Å². The van der Waals surface area contributed by atoms with Crippen LogP contribution in [0.15, 0.2) is 4.99 Å². The van der Waals surface area contributed by atoms with E-state index < -0.39 is 0 Å². The Balaban J connectivity index is 0.00000441. The highest BCUT2D eigenvalue weighted by Gasteiger charge is 2.28. The second-order valence-electron chi connectivity index (χ2n) is 5.96. The Bertz CT molecular complexity index is 348. The summed E-state index contributed by atoms with van der Waals surface area (Å²) < 4.78 is 5.16. The summed E-state index contributed by atoms with van der Waals surface area (Å²) in [6, 6.07) is 0. The molecule has 0 aromatic heterocycles. The largest absolute Gasteiger partial charge is 0.466 e. The van der Waals surface area contributed by atoms with Crippen molar-refractivity contribution in [1.29, 1.82) is 0 Å². The summed E-state index contributed by atoms with van der Waals surface area (Å²) in [5.74, 6) is 1.50. The Morgan fingerprint density at radius 1 is 1.41 bits per heavy atom. The van der Waals surface area contributed by atoms with Gasteiger partial charge in [0.2, 0.25) is 0 Å². The SMILES string of the molecule is CCNC(=NCCC(C)C)N1CCCC(C(=O)OCC)C1.I. The zero-order valence-electron chi connectivity index (χ0n) is 14.4. The number of likely N-dealkylation sites (tertiary alicyclic amines) is 1. The monoisotopic (exact) mass is 425 g/mol. The van der Waals surface area contributed by atoms with Gasteiger partial charge in [-0.15, -0.1) is 24.0 Å². The first-order chi connectivity index (χ1) is 10.1. The van der Waals surface area contributed by atoms with Gasteiger partial charge in [0.25, 0.3) is 0 Å². The Morgan fingerprint density at radius 3 is 2.73 bits per heavy atom. The molecule has 22 heavy (non-hydrogen) atoms. The molecule has 0 saturated carbocycles. The second kappa shape index (κ2) is 12.0. The van der Waals surface area contributed by atoms with E-state index in [1.54, 1.807) is 0 Å². The molecule has 1 atom stereocenters. The van der Waals surface area contributed by atoms with Gasteiger partial charge in [-0.3, -0.25) is 9.79 Å². The molecule has 5 nitrogen and oxygen atoms in total. The molecule has 0 aromatic rings. The van der Waals surface area contributed by atoms with Crippen LogP contribution in [0.2, 0.25) is 0 Å². The van der Waals surface area contributed by atoms with Crippen LogP contribution in [-0.2, 0) is 9.53 Å². The van der Waals surface area contributed by atoms with E-state index in [0.717, 1.165) is 44.9 Å². The minimum atomic E-state index is -0.0692. The standard InChI is InChI=1S/C16H31N3O2.HI/c1-5-17-16(18-10-9-13(3)4)19-11-7-8-14(12-19)15(20)21-6-2;/h13-14H,5-12H2,1-4H3,(H,17,18);1H. The van der Waals surface area contributed by atoms with E-state index in [-0.39, 0.29) is 35.9 Å². The molecule has 0 spiro atoms. The number of nitrogens with one attached hydrogen (secondary N) is 1. The number of aliphatic imine (C=N–C) groups is 1. The molecular weight excluding hydrogens is 393 g/mol. The summed E-state index contributed by atoms with van der Waals surface area (Å²) in [7, 11) is 0. The van der Waals surface area contributed by atoms with Crippen LogP contribution in [0.4, 0.5) is 0 Å². The molecule has 1 rings (SSSR count). The van der Waals surface area contributed by atoms with Crippen molar-refractivity contribution < 1.29 is 9.53 Å². The molecule has 1 heterocycles. The fourth-order valence-electron chi connectivity index (χ4n) is 2.48. The molecule has 1 aliphatic heterocycles. The first-order valence-corrected chi connectivity index (χ1v) is 8.28. The van der Waals surface area contributed by atoms with Crippen molar-refractivity contribution >= 4 is 35.9 Å². The van der Waals surface area contributed by atoms with Gasteiger partial charge in [-0.25, -0.2) is 0 Å². The van der Waals surface area contributed by atoms with Crippen LogP contribution in [0.3, 0.4) is 0 Å². The molecule has 130 valence electrons. The van der Waals surface area contributed by atoms with Gasteiger partial charge in [0.1, 0.15) is 0 Å². The number of hydrogen-bond donors (Lipinski definition) is 1. The molecule has 1 N–H and O–H groups in total. The molecule has 0 aromatic carbocycles. The number of halogens is 1. The van der Waals surface area contributed by atoms with Crippen molar-refractivity contribution in [3.05, 3.63) is 0 Å².